The molecule has 1 amide bonds. The largest absolute Gasteiger partial charge is 0.467 e. The molecule has 7 heteroatoms. The van der Waals surface area contributed by atoms with Crippen LogP contribution < -0.4 is 15.1 Å². The van der Waals surface area contributed by atoms with Gasteiger partial charge in [0.15, 0.2) is 6.79 Å². The van der Waals surface area contributed by atoms with Crippen molar-refractivity contribution >= 4 is 30.7 Å². The second-order valence-electron chi connectivity index (χ2n) is 5.66. The molecule has 5 nitrogen and oxygen atoms in total. The molecular formula is C17H11BFNO4. The van der Waals surface area contributed by atoms with Crippen LogP contribution >= 0.6 is 0 Å². The van der Waals surface area contributed by atoms with Crippen molar-refractivity contribution in [2.45, 2.75) is 13.2 Å². The summed E-state index contributed by atoms with van der Waals surface area (Å²) in [6, 6.07) is 7.29. The number of Topliss-reactive ketones (excluding diaryl/α,β-unsaturated/α-hetero) is 1. The molecule has 2 aliphatic heterocycles. The second-order valence-corrected chi connectivity index (χ2v) is 5.66. The van der Waals surface area contributed by atoms with Gasteiger partial charge >= 0.3 is 0 Å². The number of halogens is 1. The van der Waals surface area contributed by atoms with Crippen LogP contribution in [0.5, 0.6) is 5.75 Å². The molecule has 0 saturated carbocycles. The molecule has 2 heterocycles. The van der Waals surface area contributed by atoms with E-state index in [2.05, 4.69) is 0 Å². The Hall–Kier alpha value is -2.67. The van der Waals surface area contributed by atoms with Gasteiger partial charge in [0.2, 0.25) is 0 Å². The number of ether oxygens (including phenoxy) is 2. The fourth-order valence-corrected chi connectivity index (χ4v) is 3.01. The monoisotopic (exact) mass is 323 g/mol. The Balaban J connectivity index is 1.77. The summed E-state index contributed by atoms with van der Waals surface area (Å²) in [7, 11) is 5.76. The second kappa shape index (κ2) is 5.45. The van der Waals surface area contributed by atoms with Crippen LogP contribution in [-0.4, -0.2) is 26.3 Å². The number of fused-ring (bicyclic) bond motifs is 2. The zero-order chi connectivity index (χ0) is 16.8. The summed E-state index contributed by atoms with van der Waals surface area (Å²) in [6.07, 6.45) is 0. The summed E-state index contributed by atoms with van der Waals surface area (Å²) < 4.78 is 24.5. The molecule has 0 aliphatic carbocycles. The van der Waals surface area contributed by atoms with Crippen LogP contribution in [-0.2, 0) is 22.7 Å². The SMILES string of the molecule is [B]c1ccc2c(c1)N(Cc1cc(F)cc3c1OCOC3)C(=O)C2=O. The molecule has 118 valence electrons. The predicted octanol–water partition coefficient (Wildman–Crippen LogP) is 1.22. The lowest BCUT2D eigenvalue weighted by atomic mass is 9.94. The van der Waals surface area contributed by atoms with E-state index in [1.807, 2.05) is 0 Å². The molecule has 2 aromatic carbocycles. The Morgan fingerprint density at radius 2 is 2.04 bits per heavy atom. The highest BCUT2D eigenvalue weighted by Gasteiger charge is 2.36. The lowest BCUT2D eigenvalue weighted by Crippen LogP contribution is -2.30. The third kappa shape index (κ3) is 2.28. The molecule has 4 rings (SSSR count). The molecule has 0 N–H and O–H groups in total. The lowest BCUT2D eigenvalue weighted by Gasteiger charge is -2.24. The van der Waals surface area contributed by atoms with Crippen molar-refractivity contribution in [3.8, 4) is 5.75 Å². The van der Waals surface area contributed by atoms with Crippen molar-refractivity contribution in [3.05, 3.63) is 52.8 Å². The Morgan fingerprint density at radius 3 is 2.88 bits per heavy atom. The normalized spacial score (nSPS) is 16.0. The maximum Gasteiger partial charge on any atom is 0.299 e. The minimum atomic E-state index is -0.666. The van der Waals surface area contributed by atoms with Gasteiger partial charge in [0.25, 0.3) is 11.7 Å². The average molecular weight is 323 g/mol. The summed E-state index contributed by atoms with van der Waals surface area (Å²) in [5.41, 5.74) is 2.21. The molecule has 2 aromatic rings. The van der Waals surface area contributed by atoms with Gasteiger partial charge in [-0.15, -0.1) is 0 Å². The molecule has 24 heavy (non-hydrogen) atoms. The molecule has 0 atom stereocenters. The number of hydrogen-bond acceptors (Lipinski definition) is 4. The van der Waals surface area contributed by atoms with Crippen LogP contribution in [0.4, 0.5) is 10.1 Å². The highest BCUT2D eigenvalue weighted by atomic mass is 19.1. The number of amides is 1. The first-order valence-electron chi connectivity index (χ1n) is 7.32. The number of benzene rings is 2. The summed E-state index contributed by atoms with van der Waals surface area (Å²) in [5.74, 6) is -1.23. The van der Waals surface area contributed by atoms with Gasteiger partial charge in [0, 0.05) is 11.1 Å². The van der Waals surface area contributed by atoms with E-state index in [4.69, 9.17) is 17.3 Å². The first-order chi connectivity index (χ1) is 11.5. The molecule has 2 aliphatic rings. The average Bonchev–Trinajstić information content (AvgIpc) is 2.79. The highest BCUT2D eigenvalue weighted by molar-refractivity contribution is 6.52. The van der Waals surface area contributed by atoms with E-state index in [1.54, 1.807) is 12.1 Å². The minimum absolute atomic E-state index is 0.0150. The van der Waals surface area contributed by atoms with Crippen LogP contribution in [0, 0.1) is 5.82 Å². The van der Waals surface area contributed by atoms with E-state index in [1.165, 1.54) is 23.1 Å². The molecular weight excluding hydrogens is 312 g/mol. The van der Waals surface area contributed by atoms with Gasteiger partial charge in [-0.05, 0) is 24.3 Å². The number of anilines is 1. The topological polar surface area (TPSA) is 55.8 Å². The number of rotatable bonds is 2. The maximum atomic E-state index is 13.9. The van der Waals surface area contributed by atoms with Gasteiger partial charge in [-0.25, -0.2) is 4.39 Å². The van der Waals surface area contributed by atoms with E-state index in [0.717, 1.165) is 0 Å². The molecule has 0 aromatic heterocycles. The lowest BCUT2D eigenvalue weighted by molar-refractivity contribution is -0.114. The minimum Gasteiger partial charge on any atom is -0.467 e. The Kier molecular flexibility index (Phi) is 3.39. The number of hydrogen-bond donors (Lipinski definition) is 0. The molecule has 2 radical (unpaired) electrons. The summed E-state index contributed by atoms with van der Waals surface area (Å²) in [6.45, 7) is 0.305. The first-order valence-corrected chi connectivity index (χ1v) is 7.32. The van der Waals surface area contributed by atoms with Gasteiger partial charge in [-0.3, -0.25) is 9.59 Å². The van der Waals surface area contributed by atoms with Crippen molar-refractivity contribution in [1.82, 2.24) is 0 Å². The quantitative estimate of drug-likeness (QED) is 0.616. The number of ketones is 1. The van der Waals surface area contributed by atoms with Crippen molar-refractivity contribution in [1.29, 1.82) is 0 Å². The predicted molar refractivity (Wildman–Crippen MR) is 84.0 cm³/mol. The zero-order valence-corrected chi connectivity index (χ0v) is 12.5. The fraction of sp³-hybridized carbons (Fsp3) is 0.176. The van der Waals surface area contributed by atoms with Crippen molar-refractivity contribution < 1.29 is 23.5 Å². The third-order valence-corrected chi connectivity index (χ3v) is 4.08. The number of carbonyl (C=O) groups is 2. The number of carbonyl (C=O) groups excluding carboxylic acids is 2. The van der Waals surface area contributed by atoms with Gasteiger partial charge in [0.05, 0.1) is 24.4 Å². The Labute approximate surface area is 138 Å². The molecule has 0 fully saturated rings. The van der Waals surface area contributed by atoms with Crippen molar-refractivity contribution in [2.75, 3.05) is 11.7 Å². The smallest absolute Gasteiger partial charge is 0.299 e. The fourth-order valence-electron chi connectivity index (χ4n) is 3.01. The van der Waals surface area contributed by atoms with E-state index < -0.39 is 17.5 Å². The highest BCUT2D eigenvalue weighted by Crippen LogP contribution is 2.34. The Morgan fingerprint density at radius 1 is 1.21 bits per heavy atom. The standard InChI is InChI=1S/C17H11BFNO4/c18-11-1-2-13-14(5-11)20(17(22)15(13)21)6-9-3-12(19)4-10-7-23-8-24-16(9)10/h1-5H,6-8H2. The van der Waals surface area contributed by atoms with Gasteiger partial charge in [-0.2, -0.15) is 0 Å². The third-order valence-electron chi connectivity index (χ3n) is 4.08. The molecule has 0 saturated heterocycles. The number of nitrogens with zero attached hydrogens (tertiary/aromatic N) is 1. The van der Waals surface area contributed by atoms with Crippen molar-refractivity contribution in [2.24, 2.45) is 0 Å². The Bertz CT molecular complexity index is 883. The van der Waals surface area contributed by atoms with Crippen LogP contribution in [0.25, 0.3) is 0 Å². The van der Waals surface area contributed by atoms with Gasteiger partial charge < -0.3 is 14.4 Å². The van der Waals surface area contributed by atoms with Gasteiger partial charge in [0.1, 0.15) is 19.4 Å². The summed E-state index contributed by atoms with van der Waals surface area (Å²) in [5, 5.41) is 0. The van der Waals surface area contributed by atoms with Gasteiger partial charge in [-0.1, -0.05) is 11.5 Å². The molecule has 0 bridgehead atoms. The van der Waals surface area contributed by atoms with Crippen molar-refractivity contribution in [3.63, 3.8) is 0 Å². The summed E-state index contributed by atoms with van der Waals surface area (Å²) >= 11 is 0. The van der Waals surface area contributed by atoms with E-state index in [-0.39, 0.29) is 19.9 Å². The zero-order valence-electron chi connectivity index (χ0n) is 12.5. The van der Waals surface area contributed by atoms with Crippen LogP contribution in [0.1, 0.15) is 21.5 Å². The van der Waals surface area contributed by atoms with E-state index in [0.29, 0.717) is 33.6 Å². The van der Waals surface area contributed by atoms with E-state index in [9.17, 15) is 14.0 Å². The molecule has 0 unspecified atom stereocenters. The van der Waals surface area contributed by atoms with Crippen LogP contribution in [0.3, 0.4) is 0 Å². The van der Waals surface area contributed by atoms with Crippen LogP contribution in [0.15, 0.2) is 30.3 Å². The van der Waals surface area contributed by atoms with E-state index >= 15 is 0 Å². The molecule has 0 spiro atoms. The first kappa shape index (κ1) is 14.9. The summed E-state index contributed by atoms with van der Waals surface area (Å²) in [4.78, 5) is 25.7. The van der Waals surface area contributed by atoms with Crippen LogP contribution in [0.2, 0.25) is 0 Å². The maximum absolute atomic E-state index is 13.9.